The van der Waals surface area contributed by atoms with Gasteiger partial charge in [-0.15, -0.1) is 0 Å². The number of amides is 3. The van der Waals surface area contributed by atoms with Gasteiger partial charge in [-0.25, -0.2) is 9.18 Å². The number of hydrogen-bond donors (Lipinski definition) is 2. The van der Waals surface area contributed by atoms with Crippen LogP contribution in [0.25, 0.3) is 0 Å². The number of benzene rings is 2. The van der Waals surface area contributed by atoms with Crippen LogP contribution in [-0.4, -0.2) is 11.9 Å². The van der Waals surface area contributed by atoms with Crippen molar-refractivity contribution in [3.8, 4) is 0 Å². The summed E-state index contributed by atoms with van der Waals surface area (Å²) in [6, 6.07) is 12.9. The van der Waals surface area contributed by atoms with Crippen molar-refractivity contribution in [3.05, 3.63) is 65.5 Å². The standard InChI is InChI=1S/C17H17FN2O2.C2H6/c1-2-13-8-9-14(11-15(13)18)19-17(22)20-16(21)10-12-6-4-3-5-7-12;1-2/h3-9,11H,2,10H2,1H3,(H2,19,20,21,22);1-2H3. The van der Waals surface area contributed by atoms with Crippen molar-refractivity contribution in [1.82, 2.24) is 5.32 Å². The Morgan fingerprint density at radius 1 is 1.04 bits per heavy atom. The Hall–Kier alpha value is -2.69. The highest BCUT2D eigenvalue weighted by Crippen LogP contribution is 2.14. The van der Waals surface area contributed by atoms with E-state index >= 15 is 0 Å². The minimum atomic E-state index is -0.676. The van der Waals surface area contributed by atoms with E-state index in [0.29, 0.717) is 17.7 Å². The van der Waals surface area contributed by atoms with Crippen LogP contribution in [0.4, 0.5) is 14.9 Å². The first-order valence-electron chi connectivity index (χ1n) is 8.01. The Morgan fingerprint density at radius 2 is 1.71 bits per heavy atom. The second-order valence-electron chi connectivity index (χ2n) is 4.82. The van der Waals surface area contributed by atoms with Crippen LogP contribution in [0.3, 0.4) is 0 Å². The van der Waals surface area contributed by atoms with E-state index in [1.54, 1.807) is 24.3 Å². The zero-order valence-electron chi connectivity index (χ0n) is 14.2. The summed E-state index contributed by atoms with van der Waals surface area (Å²) in [4.78, 5) is 23.4. The highest BCUT2D eigenvalue weighted by atomic mass is 19.1. The Labute approximate surface area is 142 Å². The smallest absolute Gasteiger partial charge is 0.308 e. The maximum Gasteiger partial charge on any atom is 0.325 e. The predicted molar refractivity (Wildman–Crippen MR) is 94.4 cm³/mol. The van der Waals surface area contributed by atoms with Crippen LogP contribution in [0.5, 0.6) is 0 Å². The van der Waals surface area contributed by atoms with Gasteiger partial charge in [-0.05, 0) is 29.7 Å². The van der Waals surface area contributed by atoms with E-state index in [1.165, 1.54) is 6.07 Å². The first-order chi connectivity index (χ1) is 11.6. The molecule has 0 aliphatic carbocycles. The van der Waals surface area contributed by atoms with Crippen molar-refractivity contribution in [2.45, 2.75) is 33.6 Å². The van der Waals surface area contributed by atoms with Gasteiger partial charge in [0.2, 0.25) is 5.91 Å². The molecule has 0 aromatic heterocycles. The lowest BCUT2D eigenvalue weighted by atomic mass is 10.1. The van der Waals surface area contributed by atoms with E-state index in [1.807, 2.05) is 39.0 Å². The molecule has 0 atom stereocenters. The summed E-state index contributed by atoms with van der Waals surface area (Å²) in [5, 5.41) is 4.65. The van der Waals surface area contributed by atoms with Crippen LogP contribution in [0, 0.1) is 5.82 Å². The number of urea groups is 1. The number of nitrogens with one attached hydrogen (secondary N) is 2. The Morgan fingerprint density at radius 3 is 2.29 bits per heavy atom. The van der Waals surface area contributed by atoms with Gasteiger partial charge in [-0.3, -0.25) is 10.1 Å². The molecule has 0 spiro atoms. The fraction of sp³-hybridized carbons (Fsp3) is 0.263. The quantitative estimate of drug-likeness (QED) is 0.878. The Kier molecular flexibility index (Phi) is 8.19. The summed E-state index contributed by atoms with van der Waals surface area (Å²) in [5.41, 5.74) is 1.69. The van der Waals surface area contributed by atoms with Crippen molar-refractivity contribution in [1.29, 1.82) is 0 Å². The summed E-state index contributed by atoms with van der Waals surface area (Å²) in [6.45, 7) is 5.85. The molecule has 0 heterocycles. The minimum absolute atomic E-state index is 0.109. The van der Waals surface area contributed by atoms with Crippen molar-refractivity contribution in [2.75, 3.05) is 5.32 Å². The third-order valence-electron chi connectivity index (χ3n) is 3.15. The van der Waals surface area contributed by atoms with Crippen molar-refractivity contribution in [2.24, 2.45) is 0 Å². The SMILES string of the molecule is CC.CCc1ccc(NC(=O)NC(=O)Cc2ccccc2)cc1F. The Bertz CT molecular complexity index is 672. The van der Waals surface area contributed by atoms with E-state index in [-0.39, 0.29) is 12.2 Å². The monoisotopic (exact) mass is 330 g/mol. The van der Waals surface area contributed by atoms with Crippen LogP contribution < -0.4 is 10.6 Å². The van der Waals surface area contributed by atoms with E-state index in [2.05, 4.69) is 10.6 Å². The molecule has 0 saturated heterocycles. The predicted octanol–water partition coefficient (Wildman–Crippen LogP) is 4.31. The molecular formula is C19H23FN2O2. The molecule has 0 fully saturated rings. The molecule has 0 aliphatic heterocycles. The van der Waals surface area contributed by atoms with Crippen molar-refractivity contribution in [3.63, 3.8) is 0 Å². The van der Waals surface area contributed by atoms with Gasteiger partial charge in [-0.2, -0.15) is 0 Å². The molecule has 2 N–H and O–H groups in total. The van der Waals surface area contributed by atoms with Crippen molar-refractivity contribution >= 4 is 17.6 Å². The normalized spacial score (nSPS) is 9.50. The number of imide groups is 1. The third kappa shape index (κ3) is 6.20. The van der Waals surface area contributed by atoms with Crippen LogP contribution in [-0.2, 0) is 17.6 Å². The summed E-state index contributed by atoms with van der Waals surface area (Å²) in [6.07, 6.45) is 0.686. The van der Waals surface area contributed by atoms with E-state index in [9.17, 15) is 14.0 Å². The number of rotatable bonds is 4. The highest BCUT2D eigenvalue weighted by Gasteiger charge is 2.09. The summed E-state index contributed by atoms with van der Waals surface area (Å²) in [5.74, 6) is -0.801. The minimum Gasteiger partial charge on any atom is -0.308 e. The zero-order valence-corrected chi connectivity index (χ0v) is 14.2. The maximum atomic E-state index is 13.6. The molecule has 0 bridgehead atoms. The number of halogens is 1. The number of anilines is 1. The summed E-state index contributed by atoms with van der Waals surface area (Å²) >= 11 is 0. The number of carbonyl (C=O) groups excluding carboxylic acids is 2. The molecule has 4 nitrogen and oxygen atoms in total. The van der Waals surface area contributed by atoms with E-state index in [0.717, 1.165) is 5.56 Å². The largest absolute Gasteiger partial charge is 0.325 e. The lowest BCUT2D eigenvalue weighted by molar-refractivity contribution is -0.119. The second-order valence-corrected chi connectivity index (χ2v) is 4.82. The Balaban J connectivity index is 0.00000139. The molecule has 2 aromatic rings. The third-order valence-corrected chi connectivity index (χ3v) is 3.15. The van der Waals surface area contributed by atoms with Crippen molar-refractivity contribution < 1.29 is 14.0 Å². The highest BCUT2D eigenvalue weighted by molar-refractivity contribution is 6.01. The zero-order chi connectivity index (χ0) is 17.9. The average Bonchev–Trinajstić information content (AvgIpc) is 2.57. The molecular weight excluding hydrogens is 307 g/mol. The number of carbonyl (C=O) groups is 2. The molecule has 0 unspecified atom stereocenters. The van der Waals surface area contributed by atoms with Gasteiger partial charge >= 0.3 is 6.03 Å². The van der Waals surface area contributed by atoms with Gasteiger partial charge in [-0.1, -0.05) is 57.2 Å². The molecule has 2 aromatic carbocycles. The molecule has 24 heavy (non-hydrogen) atoms. The average molecular weight is 330 g/mol. The molecule has 0 radical (unpaired) electrons. The van der Waals surface area contributed by atoms with Crippen LogP contribution in [0.1, 0.15) is 31.9 Å². The molecule has 128 valence electrons. The van der Waals surface area contributed by atoms with Gasteiger partial charge in [0.1, 0.15) is 5.82 Å². The molecule has 0 aliphatic rings. The fourth-order valence-electron chi connectivity index (χ4n) is 2.03. The van der Waals surface area contributed by atoms with Gasteiger partial charge in [0.15, 0.2) is 0 Å². The summed E-state index contributed by atoms with van der Waals surface area (Å²) in [7, 11) is 0. The van der Waals surface area contributed by atoms with Gasteiger partial charge < -0.3 is 5.32 Å². The fourth-order valence-corrected chi connectivity index (χ4v) is 2.03. The lowest BCUT2D eigenvalue weighted by Gasteiger charge is -2.08. The van der Waals surface area contributed by atoms with Crippen LogP contribution in [0.15, 0.2) is 48.5 Å². The number of hydrogen-bond acceptors (Lipinski definition) is 2. The van der Waals surface area contributed by atoms with Gasteiger partial charge in [0, 0.05) is 5.69 Å². The topological polar surface area (TPSA) is 58.2 Å². The van der Waals surface area contributed by atoms with Crippen LogP contribution >= 0.6 is 0 Å². The van der Waals surface area contributed by atoms with E-state index < -0.39 is 11.9 Å². The number of aryl methyl sites for hydroxylation is 1. The molecule has 5 heteroatoms. The maximum absolute atomic E-state index is 13.6. The first kappa shape index (κ1) is 19.4. The summed E-state index contributed by atoms with van der Waals surface area (Å²) < 4.78 is 13.6. The second kappa shape index (κ2) is 10.2. The van der Waals surface area contributed by atoms with Gasteiger partial charge in [0.25, 0.3) is 0 Å². The van der Waals surface area contributed by atoms with E-state index in [4.69, 9.17) is 0 Å². The lowest BCUT2D eigenvalue weighted by Crippen LogP contribution is -2.35. The molecule has 0 saturated carbocycles. The van der Waals surface area contributed by atoms with Crippen LogP contribution in [0.2, 0.25) is 0 Å². The molecule has 2 rings (SSSR count). The first-order valence-corrected chi connectivity index (χ1v) is 8.01. The van der Waals surface area contributed by atoms with Gasteiger partial charge in [0.05, 0.1) is 6.42 Å². The molecule has 3 amide bonds.